The molecule has 0 aliphatic carbocycles. The third-order valence-corrected chi connectivity index (χ3v) is 4.86. The van der Waals surface area contributed by atoms with E-state index >= 15 is 0 Å². The molecule has 0 aliphatic rings. The van der Waals surface area contributed by atoms with Gasteiger partial charge in [-0.05, 0) is 35.9 Å². The molecule has 0 saturated heterocycles. The Balaban J connectivity index is 1.89. The highest BCUT2D eigenvalue weighted by atomic mass is 35.5. The minimum absolute atomic E-state index is 0.0505. The maximum atomic E-state index is 12.4. The summed E-state index contributed by atoms with van der Waals surface area (Å²) in [6.07, 6.45) is -4.90. The quantitative estimate of drug-likeness (QED) is 0.515. The number of nitrogens with one attached hydrogen (secondary N) is 1. The van der Waals surface area contributed by atoms with Gasteiger partial charge in [0, 0.05) is 21.5 Å². The molecule has 10 heteroatoms. The molecular weight excluding hydrogens is 431 g/mol. The van der Waals surface area contributed by atoms with Crippen LogP contribution in [-0.4, -0.2) is 23.3 Å². The molecule has 0 fully saturated rings. The van der Waals surface area contributed by atoms with Crippen molar-refractivity contribution in [1.82, 2.24) is 0 Å². The van der Waals surface area contributed by atoms with Gasteiger partial charge < -0.3 is 15.2 Å². The summed E-state index contributed by atoms with van der Waals surface area (Å²) in [7, 11) is 0. The minimum atomic E-state index is -4.90. The van der Waals surface area contributed by atoms with Crippen LogP contribution in [0, 0.1) is 0 Å². The van der Waals surface area contributed by atoms with E-state index in [-0.39, 0.29) is 16.1 Å². The third kappa shape index (κ3) is 5.07. The van der Waals surface area contributed by atoms with Crippen molar-refractivity contribution >= 4 is 39.8 Å². The Hall–Kier alpha value is -3.04. The number of carbonyl (C=O) groups excluding carboxylic acids is 1. The van der Waals surface area contributed by atoms with Crippen molar-refractivity contribution < 1.29 is 32.6 Å². The van der Waals surface area contributed by atoms with Crippen LogP contribution in [0.4, 0.5) is 18.2 Å². The maximum absolute atomic E-state index is 12.4. The van der Waals surface area contributed by atoms with Crippen molar-refractivity contribution in [3.05, 3.63) is 70.1 Å². The summed E-state index contributed by atoms with van der Waals surface area (Å²) in [5, 5.41) is 14.1. The van der Waals surface area contributed by atoms with E-state index in [0.717, 1.165) is 23.5 Å². The van der Waals surface area contributed by atoms with Gasteiger partial charge in [0.05, 0.1) is 0 Å². The molecular formula is C19H11ClF3NO4S. The van der Waals surface area contributed by atoms with Crippen LogP contribution < -0.4 is 10.1 Å². The summed E-state index contributed by atoms with van der Waals surface area (Å²) in [4.78, 5) is 24.2. The van der Waals surface area contributed by atoms with Crippen molar-refractivity contribution in [3.8, 4) is 16.9 Å². The molecule has 0 radical (unpaired) electrons. The number of amides is 1. The standard InChI is InChI=1S/C19H11ClF3NO4S/c20-12-6-4-10(5-7-12)14-9-29-17(15(14)18(26)27)24-16(25)11-2-1-3-13(8-11)28-19(21,22)23/h1-9H,(H,24,25)(H,26,27). The number of anilines is 1. The van der Waals surface area contributed by atoms with Gasteiger partial charge in [0.1, 0.15) is 16.3 Å². The van der Waals surface area contributed by atoms with Crippen LogP contribution in [0.1, 0.15) is 20.7 Å². The van der Waals surface area contributed by atoms with Gasteiger partial charge >= 0.3 is 12.3 Å². The molecule has 3 rings (SSSR count). The van der Waals surface area contributed by atoms with Crippen LogP contribution in [0.15, 0.2) is 53.9 Å². The van der Waals surface area contributed by atoms with E-state index in [1.54, 1.807) is 29.6 Å². The Labute approximate surface area is 171 Å². The lowest BCUT2D eigenvalue weighted by Gasteiger charge is -2.10. The number of ether oxygens (including phenoxy) is 1. The molecule has 1 amide bonds. The molecule has 1 aromatic heterocycles. The van der Waals surface area contributed by atoms with E-state index in [0.29, 0.717) is 16.1 Å². The Kier molecular flexibility index (Phi) is 5.81. The summed E-state index contributed by atoms with van der Waals surface area (Å²) in [6.45, 7) is 0. The highest BCUT2D eigenvalue weighted by molar-refractivity contribution is 7.15. The number of hydrogen-bond acceptors (Lipinski definition) is 4. The number of aromatic carboxylic acids is 1. The van der Waals surface area contributed by atoms with Crippen LogP contribution in [0.5, 0.6) is 5.75 Å². The van der Waals surface area contributed by atoms with Crippen molar-refractivity contribution in [2.75, 3.05) is 5.32 Å². The fourth-order valence-corrected chi connectivity index (χ4v) is 3.60. The number of carbonyl (C=O) groups is 2. The first-order valence-electron chi connectivity index (χ1n) is 7.92. The first-order valence-corrected chi connectivity index (χ1v) is 9.17. The Morgan fingerprint density at radius 1 is 1.10 bits per heavy atom. The van der Waals surface area contributed by atoms with Crippen molar-refractivity contribution in [2.24, 2.45) is 0 Å². The molecule has 0 saturated carbocycles. The lowest BCUT2D eigenvalue weighted by atomic mass is 10.0. The van der Waals surface area contributed by atoms with E-state index in [4.69, 9.17) is 11.6 Å². The number of halogens is 4. The van der Waals surface area contributed by atoms with Crippen LogP contribution >= 0.6 is 22.9 Å². The molecule has 1 heterocycles. The molecule has 0 bridgehead atoms. The average Bonchev–Trinajstić information content (AvgIpc) is 3.05. The molecule has 0 atom stereocenters. The van der Waals surface area contributed by atoms with Crippen LogP contribution in [0.25, 0.3) is 11.1 Å². The Bertz CT molecular complexity index is 1060. The zero-order valence-electron chi connectivity index (χ0n) is 14.3. The Morgan fingerprint density at radius 3 is 2.41 bits per heavy atom. The fourth-order valence-electron chi connectivity index (χ4n) is 2.51. The molecule has 0 unspecified atom stereocenters. The number of carboxylic acids is 1. The zero-order chi connectivity index (χ0) is 21.2. The van der Waals surface area contributed by atoms with E-state index in [1.807, 2.05) is 0 Å². The van der Waals surface area contributed by atoms with Gasteiger partial charge in [0.25, 0.3) is 5.91 Å². The van der Waals surface area contributed by atoms with Gasteiger partial charge in [-0.15, -0.1) is 24.5 Å². The predicted octanol–water partition coefficient (Wildman–Crippen LogP) is 5.92. The van der Waals surface area contributed by atoms with Crippen molar-refractivity contribution in [3.63, 3.8) is 0 Å². The summed E-state index contributed by atoms with van der Waals surface area (Å²) in [5.74, 6) is -2.60. The smallest absolute Gasteiger partial charge is 0.478 e. The summed E-state index contributed by atoms with van der Waals surface area (Å²) >= 11 is 6.83. The van der Waals surface area contributed by atoms with Gasteiger partial charge in [0.15, 0.2) is 0 Å². The van der Waals surface area contributed by atoms with E-state index < -0.39 is 24.0 Å². The second kappa shape index (κ2) is 8.14. The summed E-state index contributed by atoms with van der Waals surface area (Å²) in [6, 6.07) is 11.0. The molecule has 3 aromatic rings. The second-order valence-corrected chi connectivity index (χ2v) is 7.01. The molecule has 0 aliphatic heterocycles. The normalized spacial score (nSPS) is 11.2. The topological polar surface area (TPSA) is 75.6 Å². The Morgan fingerprint density at radius 2 is 1.79 bits per heavy atom. The first-order chi connectivity index (χ1) is 13.6. The number of hydrogen-bond donors (Lipinski definition) is 2. The number of thiophene rings is 1. The maximum Gasteiger partial charge on any atom is 0.573 e. The fraction of sp³-hybridized carbons (Fsp3) is 0.0526. The van der Waals surface area contributed by atoms with Crippen LogP contribution in [0.3, 0.4) is 0 Å². The number of rotatable bonds is 5. The highest BCUT2D eigenvalue weighted by Crippen LogP contribution is 2.36. The molecule has 29 heavy (non-hydrogen) atoms. The molecule has 150 valence electrons. The first kappa shape index (κ1) is 20.7. The number of alkyl halides is 3. The van der Waals surface area contributed by atoms with Crippen LogP contribution in [0.2, 0.25) is 5.02 Å². The van der Waals surface area contributed by atoms with Gasteiger partial charge in [-0.3, -0.25) is 4.79 Å². The lowest BCUT2D eigenvalue weighted by molar-refractivity contribution is -0.274. The van der Waals surface area contributed by atoms with Crippen molar-refractivity contribution in [1.29, 1.82) is 0 Å². The average molecular weight is 442 g/mol. The van der Waals surface area contributed by atoms with E-state index in [1.165, 1.54) is 12.1 Å². The second-order valence-electron chi connectivity index (χ2n) is 5.70. The summed E-state index contributed by atoms with van der Waals surface area (Å²) in [5.41, 5.74) is 0.714. The molecule has 2 N–H and O–H groups in total. The van der Waals surface area contributed by atoms with Gasteiger partial charge in [-0.25, -0.2) is 4.79 Å². The molecule has 5 nitrogen and oxygen atoms in total. The largest absolute Gasteiger partial charge is 0.573 e. The predicted molar refractivity (Wildman–Crippen MR) is 103 cm³/mol. The number of benzene rings is 2. The third-order valence-electron chi connectivity index (χ3n) is 3.72. The highest BCUT2D eigenvalue weighted by Gasteiger charge is 2.31. The zero-order valence-corrected chi connectivity index (χ0v) is 15.9. The molecule has 2 aromatic carbocycles. The van der Waals surface area contributed by atoms with E-state index in [9.17, 15) is 27.9 Å². The van der Waals surface area contributed by atoms with Gasteiger partial charge in [-0.2, -0.15) is 0 Å². The van der Waals surface area contributed by atoms with Gasteiger partial charge in [0.2, 0.25) is 0 Å². The monoisotopic (exact) mass is 441 g/mol. The van der Waals surface area contributed by atoms with Crippen LogP contribution in [-0.2, 0) is 0 Å². The molecule has 0 spiro atoms. The minimum Gasteiger partial charge on any atom is -0.478 e. The van der Waals surface area contributed by atoms with Crippen molar-refractivity contribution in [2.45, 2.75) is 6.36 Å². The lowest BCUT2D eigenvalue weighted by Crippen LogP contribution is -2.18. The van der Waals surface area contributed by atoms with E-state index in [2.05, 4.69) is 10.1 Å². The number of carboxylic acid groups (broad SMARTS) is 1. The summed E-state index contributed by atoms with van der Waals surface area (Å²) < 4.78 is 40.9. The SMILES string of the molecule is O=C(Nc1scc(-c2ccc(Cl)cc2)c1C(=O)O)c1cccc(OC(F)(F)F)c1. The van der Waals surface area contributed by atoms with Gasteiger partial charge in [-0.1, -0.05) is 29.8 Å².